The van der Waals surface area contributed by atoms with E-state index in [9.17, 15) is 4.39 Å². The van der Waals surface area contributed by atoms with Gasteiger partial charge in [-0.05, 0) is 36.6 Å². The van der Waals surface area contributed by atoms with Crippen LogP contribution in [0, 0.1) is 5.82 Å². The van der Waals surface area contributed by atoms with Gasteiger partial charge < -0.3 is 4.74 Å². The summed E-state index contributed by atoms with van der Waals surface area (Å²) in [6.45, 7) is 3.68. The van der Waals surface area contributed by atoms with Gasteiger partial charge in [-0.15, -0.1) is 0 Å². The molecule has 0 aromatic heterocycles. The summed E-state index contributed by atoms with van der Waals surface area (Å²) in [6.07, 6.45) is 3.62. The van der Waals surface area contributed by atoms with Gasteiger partial charge in [-0.25, -0.2) is 4.39 Å². The van der Waals surface area contributed by atoms with Gasteiger partial charge in [-0.3, -0.25) is 0 Å². The Morgan fingerprint density at radius 3 is 3.15 bits per heavy atom. The Kier molecular flexibility index (Phi) is 2.05. The van der Waals surface area contributed by atoms with Gasteiger partial charge in [-0.2, -0.15) is 0 Å². The molecule has 1 nitrogen and oxygen atoms in total. The summed E-state index contributed by atoms with van der Waals surface area (Å²) < 4.78 is 18.3. The van der Waals surface area contributed by atoms with Crippen LogP contribution in [0.15, 0.2) is 30.9 Å². The highest BCUT2D eigenvalue weighted by molar-refractivity contribution is 5.36. The van der Waals surface area contributed by atoms with E-state index in [0.717, 1.165) is 24.2 Å². The van der Waals surface area contributed by atoms with Crippen molar-refractivity contribution in [2.24, 2.45) is 0 Å². The minimum atomic E-state index is -0.195. The fraction of sp³-hybridized carbons (Fsp3) is 0.273. The van der Waals surface area contributed by atoms with E-state index < -0.39 is 0 Å². The molecule has 0 saturated carbocycles. The van der Waals surface area contributed by atoms with Crippen LogP contribution in [0.3, 0.4) is 0 Å². The van der Waals surface area contributed by atoms with Crippen molar-refractivity contribution in [2.45, 2.75) is 18.9 Å². The van der Waals surface area contributed by atoms with Crippen molar-refractivity contribution < 1.29 is 9.13 Å². The van der Waals surface area contributed by atoms with E-state index in [1.807, 2.05) is 0 Å². The van der Waals surface area contributed by atoms with Gasteiger partial charge >= 0.3 is 0 Å². The van der Waals surface area contributed by atoms with Crippen LogP contribution < -0.4 is 4.74 Å². The smallest absolute Gasteiger partial charge is 0.123 e. The Labute approximate surface area is 76.8 Å². The molecule has 1 aromatic rings. The largest absolute Gasteiger partial charge is 0.486 e. The van der Waals surface area contributed by atoms with Crippen LogP contribution in [0.4, 0.5) is 4.39 Å². The Balaban J connectivity index is 2.31. The zero-order chi connectivity index (χ0) is 9.26. The maximum atomic E-state index is 12.8. The van der Waals surface area contributed by atoms with Crippen LogP contribution in [0.2, 0.25) is 0 Å². The molecule has 0 radical (unpaired) electrons. The lowest BCUT2D eigenvalue weighted by Gasteiger charge is -2.23. The first-order valence-electron chi connectivity index (χ1n) is 4.37. The molecular formula is C11H11FO. The molecule has 0 spiro atoms. The number of hydrogen-bond donors (Lipinski definition) is 0. The molecule has 0 N–H and O–H groups in total. The Morgan fingerprint density at radius 1 is 1.54 bits per heavy atom. The van der Waals surface area contributed by atoms with Gasteiger partial charge in [0.1, 0.15) is 17.7 Å². The van der Waals surface area contributed by atoms with Crippen molar-refractivity contribution in [3.05, 3.63) is 42.2 Å². The van der Waals surface area contributed by atoms with Gasteiger partial charge in [-0.1, -0.05) is 12.7 Å². The summed E-state index contributed by atoms with van der Waals surface area (Å²) in [5.41, 5.74) is 0.957. The van der Waals surface area contributed by atoms with Gasteiger partial charge in [0, 0.05) is 0 Å². The third-order valence-corrected chi connectivity index (χ3v) is 2.26. The third kappa shape index (κ3) is 1.57. The molecule has 0 fully saturated rings. The molecule has 1 aliphatic heterocycles. The fourth-order valence-corrected chi connectivity index (χ4v) is 1.54. The molecule has 2 rings (SSSR count). The number of aryl methyl sites for hydroxylation is 1. The van der Waals surface area contributed by atoms with Gasteiger partial charge in [0.25, 0.3) is 0 Å². The summed E-state index contributed by atoms with van der Waals surface area (Å²) >= 11 is 0. The predicted octanol–water partition coefficient (Wildman–Crippen LogP) is 2.71. The number of hydrogen-bond acceptors (Lipinski definition) is 1. The van der Waals surface area contributed by atoms with Crippen LogP contribution >= 0.6 is 0 Å². The normalized spacial score (nSPS) is 20.2. The van der Waals surface area contributed by atoms with Crippen molar-refractivity contribution >= 4 is 0 Å². The highest BCUT2D eigenvalue weighted by Crippen LogP contribution is 2.28. The zero-order valence-electron chi connectivity index (χ0n) is 7.29. The number of benzene rings is 1. The number of ether oxygens (including phenoxy) is 1. The van der Waals surface area contributed by atoms with Gasteiger partial charge in [0.15, 0.2) is 0 Å². The molecule has 13 heavy (non-hydrogen) atoms. The molecule has 68 valence electrons. The molecule has 0 amide bonds. The molecule has 1 atom stereocenters. The van der Waals surface area contributed by atoms with Gasteiger partial charge in [0.2, 0.25) is 0 Å². The van der Waals surface area contributed by atoms with E-state index in [1.54, 1.807) is 12.1 Å². The molecule has 1 heterocycles. The monoisotopic (exact) mass is 178 g/mol. The van der Waals surface area contributed by atoms with E-state index >= 15 is 0 Å². The molecule has 0 aliphatic carbocycles. The summed E-state index contributed by atoms with van der Waals surface area (Å²) in [6, 6.07) is 4.64. The van der Waals surface area contributed by atoms with E-state index in [1.165, 1.54) is 12.1 Å². The molecule has 0 unspecified atom stereocenters. The standard InChI is InChI=1S/C11H11FO/c1-2-10-5-3-8-7-9(12)4-6-11(8)13-10/h2,4,6-7,10H,1,3,5H2/t10-/m1/s1. The van der Waals surface area contributed by atoms with E-state index in [0.29, 0.717) is 0 Å². The predicted molar refractivity (Wildman–Crippen MR) is 49.3 cm³/mol. The minimum absolute atomic E-state index is 0.0814. The number of rotatable bonds is 1. The summed E-state index contributed by atoms with van der Waals surface area (Å²) in [4.78, 5) is 0. The minimum Gasteiger partial charge on any atom is -0.486 e. The average Bonchev–Trinajstić information content (AvgIpc) is 2.17. The van der Waals surface area contributed by atoms with Crippen molar-refractivity contribution in [3.8, 4) is 5.75 Å². The van der Waals surface area contributed by atoms with E-state index in [-0.39, 0.29) is 11.9 Å². The SMILES string of the molecule is C=C[C@@H]1CCc2cc(F)ccc2O1. The molecule has 1 aromatic carbocycles. The molecule has 0 bridgehead atoms. The molecule has 1 aliphatic rings. The Bertz CT molecular complexity index is 333. The average molecular weight is 178 g/mol. The lowest BCUT2D eigenvalue weighted by atomic mass is 10.0. The number of fused-ring (bicyclic) bond motifs is 1. The summed E-state index contributed by atoms with van der Waals surface area (Å²) in [7, 11) is 0. The zero-order valence-corrected chi connectivity index (χ0v) is 7.29. The Morgan fingerprint density at radius 2 is 2.38 bits per heavy atom. The van der Waals surface area contributed by atoms with Crippen LogP contribution in [-0.4, -0.2) is 6.10 Å². The maximum Gasteiger partial charge on any atom is 0.123 e. The quantitative estimate of drug-likeness (QED) is 0.601. The van der Waals surface area contributed by atoms with Crippen LogP contribution in [0.1, 0.15) is 12.0 Å². The van der Waals surface area contributed by atoms with E-state index in [4.69, 9.17) is 4.74 Å². The Hall–Kier alpha value is -1.31. The molecule has 0 saturated heterocycles. The number of halogens is 1. The third-order valence-electron chi connectivity index (χ3n) is 2.26. The van der Waals surface area contributed by atoms with Crippen LogP contribution in [0.25, 0.3) is 0 Å². The first kappa shape index (κ1) is 8.30. The maximum absolute atomic E-state index is 12.8. The molecular weight excluding hydrogens is 167 g/mol. The first-order valence-corrected chi connectivity index (χ1v) is 4.37. The summed E-state index contributed by atoms with van der Waals surface area (Å²) in [5, 5.41) is 0. The summed E-state index contributed by atoms with van der Waals surface area (Å²) in [5.74, 6) is 0.594. The van der Waals surface area contributed by atoms with Crippen molar-refractivity contribution in [3.63, 3.8) is 0 Å². The highest BCUT2D eigenvalue weighted by Gasteiger charge is 2.16. The lowest BCUT2D eigenvalue weighted by Crippen LogP contribution is -2.19. The second-order valence-corrected chi connectivity index (χ2v) is 3.18. The van der Waals surface area contributed by atoms with Crippen LogP contribution in [0.5, 0.6) is 5.75 Å². The van der Waals surface area contributed by atoms with E-state index in [2.05, 4.69) is 6.58 Å². The second-order valence-electron chi connectivity index (χ2n) is 3.18. The van der Waals surface area contributed by atoms with Crippen molar-refractivity contribution in [1.82, 2.24) is 0 Å². The van der Waals surface area contributed by atoms with Crippen molar-refractivity contribution in [1.29, 1.82) is 0 Å². The lowest BCUT2D eigenvalue weighted by molar-refractivity contribution is 0.218. The van der Waals surface area contributed by atoms with Gasteiger partial charge in [0.05, 0.1) is 0 Å². The topological polar surface area (TPSA) is 9.23 Å². The second kappa shape index (κ2) is 3.21. The fourth-order valence-electron chi connectivity index (χ4n) is 1.54. The van der Waals surface area contributed by atoms with Crippen LogP contribution in [-0.2, 0) is 6.42 Å². The first-order chi connectivity index (χ1) is 6.29. The molecule has 2 heteroatoms. The van der Waals surface area contributed by atoms with Crippen molar-refractivity contribution in [2.75, 3.05) is 0 Å². The highest BCUT2D eigenvalue weighted by atomic mass is 19.1.